The van der Waals surface area contributed by atoms with Crippen molar-refractivity contribution in [3.63, 3.8) is 0 Å². The quantitative estimate of drug-likeness (QED) is 0.278. The van der Waals surface area contributed by atoms with Crippen LogP contribution >= 0.6 is 0 Å². The number of benzene rings is 2. The highest BCUT2D eigenvalue weighted by molar-refractivity contribution is 5.94. The number of carbonyl (C=O) groups is 3. The molecule has 1 aromatic heterocycles. The lowest BCUT2D eigenvalue weighted by molar-refractivity contribution is -0.137. The molecule has 36 heavy (non-hydrogen) atoms. The molecule has 11 heteroatoms. The lowest BCUT2D eigenvalue weighted by Gasteiger charge is -2.23. The molecule has 188 valence electrons. The average molecular weight is 494 g/mol. The van der Waals surface area contributed by atoms with E-state index in [4.69, 9.17) is 22.4 Å². The number of hydrogen-bond acceptors (Lipinski definition) is 7. The molecule has 2 aromatic carbocycles. The number of nitrogens with two attached hydrogens (primary N) is 1. The van der Waals surface area contributed by atoms with Crippen LogP contribution in [0.15, 0.2) is 47.3 Å². The zero-order valence-electron chi connectivity index (χ0n) is 19.7. The van der Waals surface area contributed by atoms with E-state index in [1.54, 1.807) is 43.3 Å². The number of amides is 1. The average Bonchev–Trinajstić information content (AvgIpc) is 2.84. The standard InChI is InChI=1S/C22H21N5O4.C3H6O2/c1-2-11-27(13-14-3-8-18-17(12-14)21(31)26-22(23)25-18)16-6-4-15(5-7-16)20(30)24-10-9-19(28)29;1-2-3(4)5/h1,3-8,12H,9-11,13H2,(H,24,30)(H,28,29)(H3,23,25,26,31);2H2,1H3,(H,4,5). The number of nitrogens with zero attached hydrogens (tertiary/aromatic N) is 2. The Bertz CT molecular complexity index is 1330. The molecule has 0 bridgehead atoms. The number of anilines is 2. The minimum Gasteiger partial charge on any atom is -0.481 e. The first-order valence-electron chi connectivity index (χ1n) is 10.9. The first-order chi connectivity index (χ1) is 17.1. The number of carbonyl (C=O) groups excluding carboxylic acids is 1. The van der Waals surface area contributed by atoms with E-state index in [2.05, 4.69) is 21.2 Å². The SMILES string of the molecule is C#CCN(Cc1ccc2nc(N)[nH]c(=O)c2c1)c1ccc(C(=O)NCCC(=O)O)cc1.CCC(=O)O. The fourth-order valence-electron chi connectivity index (χ4n) is 3.08. The van der Waals surface area contributed by atoms with E-state index in [1.165, 1.54) is 0 Å². The Morgan fingerprint density at radius 3 is 2.39 bits per heavy atom. The van der Waals surface area contributed by atoms with Gasteiger partial charge in [0.05, 0.1) is 23.9 Å². The van der Waals surface area contributed by atoms with Gasteiger partial charge in [-0.1, -0.05) is 18.9 Å². The number of aromatic nitrogens is 2. The predicted octanol–water partition coefficient (Wildman–Crippen LogP) is 1.83. The Morgan fingerprint density at radius 2 is 1.81 bits per heavy atom. The van der Waals surface area contributed by atoms with Crippen LogP contribution in [-0.2, 0) is 16.1 Å². The van der Waals surface area contributed by atoms with Gasteiger partial charge in [-0.25, -0.2) is 4.98 Å². The topological polar surface area (TPSA) is 179 Å². The van der Waals surface area contributed by atoms with Gasteiger partial charge in [0.1, 0.15) is 0 Å². The molecule has 0 saturated heterocycles. The van der Waals surface area contributed by atoms with Crippen LogP contribution in [0.2, 0.25) is 0 Å². The monoisotopic (exact) mass is 493 g/mol. The van der Waals surface area contributed by atoms with E-state index in [0.717, 1.165) is 11.3 Å². The van der Waals surface area contributed by atoms with Crippen LogP contribution in [0.25, 0.3) is 10.9 Å². The van der Waals surface area contributed by atoms with E-state index in [9.17, 15) is 19.2 Å². The summed E-state index contributed by atoms with van der Waals surface area (Å²) in [5, 5.41) is 19.4. The lowest BCUT2D eigenvalue weighted by Crippen LogP contribution is -2.26. The van der Waals surface area contributed by atoms with Gasteiger partial charge < -0.3 is 26.2 Å². The van der Waals surface area contributed by atoms with Crippen LogP contribution < -0.4 is 21.5 Å². The zero-order chi connectivity index (χ0) is 26.7. The Labute approximate surface area is 207 Å². The molecule has 0 aliphatic rings. The number of carboxylic acids is 2. The Morgan fingerprint density at radius 1 is 1.14 bits per heavy atom. The molecule has 0 radical (unpaired) electrons. The summed E-state index contributed by atoms with van der Waals surface area (Å²) in [6.45, 7) is 2.41. The first kappa shape index (κ1) is 27.4. The third-order valence-electron chi connectivity index (χ3n) is 4.87. The molecule has 0 spiro atoms. The summed E-state index contributed by atoms with van der Waals surface area (Å²) >= 11 is 0. The summed E-state index contributed by atoms with van der Waals surface area (Å²) in [6.07, 6.45) is 5.61. The molecule has 0 unspecified atom stereocenters. The van der Waals surface area contributed by atoms with E-state index in [1.807, 2.05) is 11.0 Å². The minimum atomic E-state index is -0.976. The van der Waals surface area contributed by atoms with E-state index in [0.29, 0.717) is 29.6 Å². The first-order valence-corrected chi connectivity index (χ1v) is 10.9. The normalized spacial score (nSPS) is 10.0. The molecule has 0 aliphatic carbocycles. The maximum absolute atomic E-state index is 12.2. The van der Waals surface area contributed by atoms with Crippen LogP contribution in [0.3, 0.4) is 0 Å². The maximum atomic E-state index is 12.2. The molecule has 1 amide bonds. The summed E-state index contributed by atoms with van der Waals surface area (Å²) < 4.78 is 0. The van der Waals surface area contributed by atoms with Crippen LogP contribution in [0.4, 0.5) is 11.6 Å². The summed E-state index contributed by atoms with van der Waals surface area (Å²) in [5.41, 5.74) is 7.84. The highest BCUT2D eigenvalue weighted by atomic mass is 16.4. The van der Waals surface area contributed by atoms with Crippen molar-refractivity contribution in [2.45, 2.75) is 26.3 Å². The molecular formula is C25H27N5O6. The summed E-state index contributed by atoms with van der Waals surface area (Å²) in [7, 11) is 0. The van der Waals surface area contributed by atoms with Gasteiger partial charge >= 0.3 is 11.9 Å². The number of nitrogens with one attached hydrogen (secondary N) is 2. The molecule has 1 heterocycles. The van der Waals surface area contributed by atoms with Crippen LogP contribution in [0.1, 0.15) is 35.7 Å². The van der Waals surface area contributed by atoms with Crippen molar-refractivity contribution in [3.8, 4) is 12.3 Å². The molecule has 0 saturated carbocycles. The van der Waals surface area contributed by atoms with Crippen molar-refractivity contribution < 1.29 is 24.6 Å². The van der Waals surface area contributed by atoms with E-state index < -0.39 is 11.9 Å². The van der Waals surface area contributed by atoms with Gasteiger partial charge in [-0.15, -0.1) is 6.42 Å². The molecule has 3 aromatic rings. The highest BCUT2D eigenvalue weighted by Gasteiger charge is 2.11. The molecule has 0 fully saturated rings. The summed E-state index contributed by atoms with van der Waals surface area (Å²) in [6, 6.07) is 12.1. The number of rotatable bonds is 9. The lowest BCUT2D eigenvalue weighted by atomic mass is 10.1. The van der Waals surface area contributed by atoms with Gasteiger partial charge in [0.2, 0.25) is 5.95 Å². The number of aromatic amines is 1. The van der Waals surface area contributed by atoms with Crippen LogP contribution in [0.5, 0.6) is 0 Å². The molecular weight excluding hydrogens is 466 g/mol. The van der Waals surface area contributed by atoms with Crippen molar-refractivity contribution in [3.05, 3.63) is 63.9 Å². The summed E-state index contributed by atoms with van der Waals surface area (Å²) in [5.74, 6) is 0.602. The molecule has 3 rings (SSSR count). The second-order valence-electron chi connectivity index (χ2n) is 7.56. The summed E-state index contributed by atoms with van der Waals surface area (Å²) in [4.78, 5) is 52.7. The van der Waals surface area contributed by atoms with Crippen molar-refractivity contribution in [2.75, 3.05) is 23.7 Å². The zero-order valence-corrected chi connectivity index (χ0v) is 19.7. The van der Waals surface area contributed by atoms with Gasteiger partial charge in [0, 0.05) is 30.8 Å². The van der Waals surface area contributed by atoms with Crippen LogP contribution in [0, 0.1) is 12.3 Å². The van der Waals surface area contributed by atoms with E-state index >= 15 is 0 Å². The van der Waals surface area contributed by atoms with Gasteiger partial charge in [0.25, 0.3) is 11.5 Å². The van der Waals surface area contributed by atoms with Crippen LogP contribution in [-0.4, -0.2) is 51.1 Å². The van der Waals surface area contributed by atoms with Gasteiger partial charge in [-0.2, -0.15) is 0 Å². The molecule has 0 atom stereocenters. The predicted molar refractivity (Wildman–Crippen MR) is 136 cm³/mol. The number of hydrogen-bond donors (Lipinski definition) is 5. The third kappa shape index (κ3) is 8.18. The Kier molecular flexibility index (Phi) is 10.0. The number of aliphatic carboxylic acids is 2. The second kappa shape index (κ2) is 13.1. The molecule has 6 N–H and O–H groups in total. The highest BCUT2D eigenvalue weighted by Crippen LogP contribution is 2.20. The fraction of sp³-hybridized carbons (Fsp3) is 0.240. The Balaban J connectivity index is 0.000000830. The smallest absolute Gasteiger partial charge is 0.305 e. The van der Waals surface area contributed by atoms with Crippen molar-refractivity contribution >= 4 is 40.4 Å². The molecule has 11 nitrogen and oxygen atoms in total. The maximum Gasteiger partial charge on any atom is 0.305 e. The van der Waals surface area contributed by atoms with Gasteiger partial charge in [0.15, 0.2) is 0 Å². The fourth-order valence-corrected chi connectivity index (χ4v) is 3.08. The Hall–Kier alpha value is -4.85. The van der Waals surface area contributed by atoms with Crippen molar-refractivity contribution in [1.29, 1.82) is 0 Å². The number of carboxylic acid groups (broad SMARTS) is 2. The minimum absolute atomic E-state index is 0.0563. The second-order valence-corrected chi connectivity index (χ2v) is 7.56. The largest absolute Gasteiger partial charge is 0.481 e. The number of H-pyrrole nitrogens is 1. The number of nitrogen functional groups attached to an aromatic ring is 1. The van der Waals surface area contributed by atoms with Gasteiger partial charge in [-0.3, -0.25) is 24.2 Å². The third-order valence-corrected chi connectivity index (χ3v) is 4.87. The van der Waals surface area contributed by atoms with Gasteiger partial charge in [-0.05, 0) is 42.0 Å². The van der Waals surface area contributed by atoms with E-state index in [-0.39, 0.29) is 36.8 Å². The molecule has 0 aliphatic heterocycles. The van der Waals surface area contributed by atoms with Crippen molar-refractivity contribution in [2.24, 2.45) is 0 Å². The number of terminal acetylenes is 1. The number of fused-ring (bicyclic) bond motifs is 1. The van der Waals surface area contributed by atoms with Crippen molar-refractivity contribution in [1.82, 2.24) is 15.3 Å².